The highest BCUT2D eigenvalue weighted by Crippen LogP contribution is 2.29. The summed E-state index contributed by atoms with van der Waals surface area (Å²) in [5.74, 6) is 0.656. The van der Waals surface area contributed by atoms with Gasteiger partial charge in [0.1, 0.15) is 4.88 Å². The fraction of sp³-hybridized carbons (Fsp3) is 0.769. The first-order valence-corrected chi connectivity index (χ1v) is 7.19. The molecule has 0 radical (unpaired) electrons. The first-order chi connectivity index (χ1) is 8.48. The topological polar surface area (TPSA) is 52.1 Å². The van der Waals surface area contributed by atoms with Crippen LogP contribution in [-0.4, -0.2) is 28.6 Å². The zero-order valence-corrected chi connectivity index (χ0v) is 12.0. The van der Waals surface area contributed by atoms with Gasteiger partial charge in [-0.1, -0.05) is 25.3 Å². The van der Waals surface area contributed by atoms with Crippen LogP contribution in [0.3, 0.4) is 0 Å². The minimum Gasteiger partial charge on any atom is -0.381 e. The molecular weight excluding hydrogens is 248 g/mol. The van der Waals surface area contributed by atoms with Crippen LogP contribution in [0, 0.1) is 5.92 Å². The summed E-state index contributed by atoms with van der Waals surface area (Å²) in [5.41, 5.74) is 0.720. The average molecular weight is 268 g/mol. The Hall–Kier alpha value is -0.810. The molecule has 1 aromatic rings. The Kier molecular flexibility index (Phi) is 4.12. The van der Waals surface area contributed by atoms with Crippen molar-refractivity contribution in [2.24, 2.45) is 5.92 Å². The Morgan fingerprint density at radius 3 is 2.67 bits per heavy atom. The van der Waals surface area contributed by atoms with E-state index in [9.17, 15) is 4.79 Å². The number of ketones is 1. The highest BCUT2D eigenvalue weighted by Gasteiger charge is 2.28. The van der Waals surface area contributed by atoms with Crippen molar-refractivity contribution in [2.75, 3.05) is 13.2 Å². The van der Waals surface area contributed by atoms with Crippen LogP contribution in [0.15, 0.2) is 0 Å². The molecule has 0 unspecified atom stereocenters. The van der Waals surface area contributed by atoms with E-state index in [4.69, 9.17) is 4.74 Å². The Morgan fingerprint density at radius 1 is 1.39 bits per heavy atom. The molecule has 100 valence electrons. The van der Waals surface area contributed by atoms with Crippen LogP contribution < -0.4 is 0 Å². The number of hydrogen-bond acceptors (Lipinski definition) is 5. The van der Waals surface area contributed by atoms with Gasteiger partial charge in [0.05, 0.1) is 5.69 Å². The van der Waals surface area contributed by atoms with E-state index in [1.165, 1.54) is 11.5 Å². The van der Waals surface area contributed by atoms with E-state index in [0.29, 0.717) is 12.3 Å². The van der Waals surface area contributed by atoms with Crippen molar-refractivity contribution in [3.8, 4) is 0 Å². The summed E-state index contributed by atoms with van der Waals surface area (Å²) in [6.07, 6.45) is 2.59. The largest absolute Gasteiger partial charge is 0.381 e. The molecule has 5 heteroatoms. The second-order valence-corrected chi connectivity index (χ2v) is 6.64. The minimum atomic E-state index is -0.117. The maximum Gasteiger partial charge on any atom is 0.176 e. The van der Waals surface area contributed by atoms with Crippen molar-refractivity contribution in [2.45, 2.75) is 45.4 Å². The van der Waals surface area contributed by atoms with Crippen LogP contribution in [0.4, 0.5) is 0 Å². The number of rotatable bonds is 3. The molecule has 0 amide bonds. The third-order valence-corrected chi connectivity index (χ3v) is 4.03. The lowest BCUT2D eigenvalue weighted by atomic mass is 9.88. The molecule has 1 saturated heterocycles. The SMILES string of the molecule is CC(C)(C)c1nnsc1C(=O)CC1CCOCC1. The fourth-order valence-corrected chi connectivity index (χ4v) is 2.99. The van der Waals surface area contributed by atoms with Crippen molar-refractivity contribution >= 4 is 17.3 Å². The third-order valence-electron chi connectivity index (χ3n) is 3.27. The first kappa shape index (κ1) is 13.6. The van der Waals surface area contributed by atoms with E-state index in [1.807, 2.05) is 0 Å². The lowest BCUT2D eigenvalue weighted by Gasteiger charge is -2.21. The van der Waals surface area contributed by atoms with E-state index in [-0.39, 0.29) is 11.2 Å². The zero-order valence-electron chi connectivity index (χ0n) is 11.2. The first-order valence-electron chi connectivity index (χ1n) is 6.42. The Balaban J connectivity index is 2.07. The van der Waals surface area contributed by atoms with Crippen LogP contribution in [0.1, 0.15) is 55.4 Å². The molecule has 0 aromatic carbocycles. The molecule has 0 spiro atoms. The smallest absolute Gasteiger partial charge is 0.176 e. The van der Waals surface area contributed by atoms with Gasteiger partial charge in [-0.25, -0.2) is 0 Å². The van der Waals surface area contributed by atoms with Crippen molar-refractivity contribution in [1.29, 1.82) is 0 Å². The molecule has 0 N–H and O–H groups in total. The lowest BCUT2D eigenvalue weighted by Crippen LogP contribution is -2.21. The van der Waals surface area contributed by atoms with Gasteiger partial charge in [-0.15, -0.1) is 5.10 Å². The minimum absolute atomic E-state index is 0.117. The summed E-state index contributed by atoms with van der Waals surface area (Å²) in [5, 5.41) is 4.12. The van der Waals surface area contributed by atoms with Crippen LogP contribution in [0.2, 0.25) is 0 Å². The van der Waals surface area contributed by atoms with Crippen molar-refractivity contribution < 1.29 is 9.53 Å². The molecule has 0 aliphatic carbocycles. The summed E-state index contributed by atoms with van der Waals surface area (Å²) >= 11 is 1.23. The molecule has 1 aliphatic rings. The van der Waals surface area contributed by atoms with Gasteiger partial charge in [0.15, 0.2) is 5.78 Å². The Morgan fingerprint density at radius 2 is 2.06 bits per heavy atom. The Labute approximate surface area is 112 Å². The number of carbonyl (C=O) groups is 1. The lowest BCUT2D eigenvalue weighted by molar-refractivity contribution is 0.0601. The predicted octanol–water partition coefficient (Wildman–Crippen LogP) is 2.84. The third kappa shape index (κ3) is 3.14. The van der Waals surface area contributed by atoms with Gasteiger partial charge in [-0.2, -0.15) is 0 Å². The molecular formula is C13H20N2O2S. The van der Waals surface area contributed by atoms with Gasteiger partial charge >= 0.3 is 0 Å². The maximum absolute atomic E-state index is 12.3. The van der Waals surface area contributed by atoms with E-state index < -0.39 is 0 Å². The standard InChI is InChI=1S/C13H20N2O2S/c1-13(2,3)12-11(18-15-14-12)10(16)8-9-4-6-17-7-5-9/h9H,4-8H2,1-3H3. The monoisotopic (exact) mass is 268 g/mol. The van der Waals surface area contributed by atoms with E-state index in [1.54, 1.807) is 0 Å². The van der Waals surface area contributed by atoms with Gasteiger partial charge in [0.2, 0.25) is 0 Å². The molecule has 0 bridgehead atoms. The summed E-state index contributed by atoms with van der Waals surface area (Å²) in [4.78, 5) is 13.1. The van der Waals surface area contributed by atoms with E-state index >= 15 is 0 Å². The normalized spacial score (nSPS) is 17.9. The zero-order chi connectivity index (χ0) is 13.2. The molecule has 0 saturated carbocycles. The number of carbonyl (C=O) groups excluding carboxylic acids is 1. The molecule has 1 fully saturated rings. The molecule has 18 heavy (non-hydrogen) atoms. The Bertz CT molecular complexity index is 417. The highest BCUT2D eigenvalue weighted by molar-refractivity contribution is 7.08. The van der Waals surface area contributed by atoms with Crippen LogP contribution in [0.25, 0.3) is 0 Å². The van der Waals surface area contributed by atoms with E-state index in [2.05, 4.69) is 30.4 Å². The molecule has 1 aliphatic heterocycles. The van der Waals surface area contributed by atoms with Gasteiger partial charge in [0.25, 0.3) is 0 Å². The van der Waals surface area contributed by atoms with Gasteiger partial charge in [-0.05, 0) is 30.3 Å². The van der Waals surface area contributed by atoms with Gasteiger partial charge < -0.3 is 4.74 Å². The second kappa shape index (κ2) is 5.45. The van der Waals surface area contributed by atoms with Crippen LogP contribution >= 0.6 is 11.5 Å². The number of hydrogen-bond donors (Lipinski definition) is 0. The predicted molar refractivity (Wildman–Crippen MR) is 71.1 cm³/mol. The molecule has 2 heterocycles. The number of aromatic nitrogens is 2. The fourth-order valence-electron chi connectivity index (χ4n) is 2.17. The van der Waals surface area contributed by atoms with Gasteiger partial charge in [-0.3, -0.25) is 4.79 Å². The summed E-state index contributed by atoms with van der Waals surface area (Å²) in [7, 11) is 0. The van der Waals surface area contributed by atoms with Crippen LogP contribution in [-0.2, 0) is 10.2 Å². The van der Waals surface area contributed by atoms with Crippen molar-refractivity contribution in [3.63, 3.8) is 0 Å². The molecule has 4 nitrogen and oxygen atoms in total. The quantitative estimate of drug-likeness (QED) is 0.791. The summed E-state index contributed by atoms with van der Waals surface area (Å²) in [6.45, 7) is 7.76. The van der Waals surface area contributed by atoms with Crippen molar-refractivity contribution in [3.05, 3.63) is 10.6 Å². The van der Waals surface area contributed by atoms with Gasteiger partial charge in [0, 0.05) is 25.0 Å². The maximum atomic E-state index is 12.3. The summed E-state index contributed by atoms with van der Waals surface area (Å²) in [6, 6.07) is 0. The molecule has 0 atom stereocenters. The number of ether oxygens (including phenoxy) is 1. The van der Waals surface area contributed by atoms with Crippen LogP contribution in [0.5, 0.6) is 0 Å². The molecule has 1 aromatic heterocycles. The highest BCUT2D eigenvalue weighted by atomic mass is 32.1. The van der Waals surface area contributed by atoms with E-state index in [0.717, 1.165) is 36.6 Å². The second-order valence-electron chi connectivity index (χ2n) is 5.88. The number of nitrogens with zero attached hydrogens (tertiary/aromatic N) is 2. The molecule has 2 rings (SSSR count). The average Bonchev–Trinajstić information content (AvgIpc) is 2.79. The van der Waals surface area contributed by atoms with Crippen molar-refractivity contribution in [1.82, 2.24) is 9.59 Å². The number of Topliss-reactive ketones (excluding diaryl/α,β-unsaturated/α-hetero) is 1. The summed E-state index contributed by atoms with van der Waals surface area (Å²) < 4.78 is 9.27.